The summed E-state index contributed by atoms with van der Waals surface area (Å²) in [5.74, 6) is 1.46. The van der Waals surface area contributed by atoms with Gasteiger partial charge in [-0.15, -0.1) is 0 Å². The summed E-state index contributed by atoms with van der Waals surface area (Å²) in [5, 5.41) is 0. The molecule has 1 spiro atoms. The van der Waals surface area contributed by atoms with Gasteiger partial charge >= 0.3 is 11.9 Å². The van der Waals surface area contributed by atoms with E-state index in [9.17, 15) is 9.59 Å². The maximum absolute atomic E-state index is 11.5. The number of carbonyl (C=O) groups is 2. The van der Waals surface area contributed by atoms with Crippen molar-refractivity contribution in [2.45, 2.75) is 79.1 Å². The van der Waals surface area contributed by atoms with Gasteiger partial charge in [-0.3, -0.25) is 9.59 Å². The van der Waals surface area contributed by atoms with E-state index < -0.39 is 0 Å². The number of allylic oxidation sites excluding steroid dienone is 1. The molecule has 0 aromatic carbocycles. The van der Waals surface area contributed by atoms with Crippen LogP contribution in [0.1, 0.15) is 79.1 Å². The van der Waals surface area contributed by atoms with E-state index in [4.69, 9.17) is 9.47 Å². The lowest BCUT2D eigenvalue weighted by Gasteiger charge is -2.65. The number of ether oxygens (including phenoxy) is 2. The first-order chi connectivity index (χ1) is 13.2. The van der Waals surface area contributed by atoms with Crippen molar-refractivity contribution in [1.82, 2.24) is 0 Å². The maximum atomic E-state index is 11.5. The highest BCUT2D eigenvalue weighted by Gasteiger charge is 2.66. The Morgan fingerprint density at radius 1 is 1.04 bits per heavy atom. The second-order valence-electron chi connectivity index (χ2n) is 10.6. The molecule has 28 heavy (non-hydrogen) atoms. The van der Waals surface area contributed by atoms with Crippen LogP contribution in [0, 0.1) is 34.0 Å². The van der Waals surface area contributed by atoms with E-state index in [1.807, 2.05) is 0 Å². The summed E-state index contributed by atoms with van der Waals surface area (Å²) in [6.45, 7) is 9.01. The first-order valence-electron chi connectivity index (χ1n) is 11.2. The highest BCUT2D eigenvalue weighted by molar-refractivity contribution is 5.66. The van der Waals surface area contributed by atoms with Crippen molar-refractivity contribution in [2.75, 3.05) is 13.2 Å². The Morgan fingerprint density at radius 3 is 2.50 bits per heavy atom. The van der Waals surface area contributed by atoms with E-state index in [2.05, 4.69) is 19.9 Å². The largest absolute Gasteiger partial charge is 0.465 e. The fourth-order valence-electron chi connectivity index (χ4n) is 7.96. The molecule has 0 aliphatic heterocycles. The SMILES string of the molecule is CC(=O)OCC1=CC2CCC3C(C)(CCC[C@]3(C)COC(C)=O)C23CC[C@H]1C3. The van der Waals surface area contributed by atoms with Crippen LogP contribution >= 0.6 is 0 Å². The summed E-state index contributed by atoms with van der Waals surface area (Å²) in [4.78, 5) is 22.8. The third-order valence-corrected chi connectivity index (χ3v) is 9.20. The summed E-state index contributed by atoms with van der Waals surface area (Å²) in [6, 6.07) is 0. The lowest BCUT2D eigenvalue weighted by molar-refractivity contribution is -0.177. The van der Waals surface area contributed by atoms with Crippen molar-refractivity contribution < 1.29 is 19.1 Å². The molecule has 4 unspecified atom stereocenters. The predicted octanol–water partition coefficient (Wildman–Crippen LogP) is 5.06. The summed E-state index contributed by atoms with van der Waals surface area (Å²) in [7, 11) is 0. The number of carbonyl (C=O) groups excluding carboxylic acids is 2. The van der Waals surface area contributed by atoms with Crippen LogP contribution in [0.25, 0.3) is 0 Å². The smallest absolute Gasteiger partial charge is 0.302 e. The van der Waals surface area contributed by atoms with Crippen LogP contribution < -0.4 is 0 Å². The highest BCUT2D eigenvalue weighted by atomic mass is 16.5. The molecule has 4 aliphatic carbocycles. The molecular weight excluding hydrogens is 352 g/mol. The van der Waals surface area contributed by atoms with Crippen LogP contribution in [0.2, 0.25) is 0 Å². The number of esters is 2. The van der Waals surface area contributed by atoms with Crippen LogP contribution in [0.15, 0.2) is 11.6 Å². The summed E-state index contributed by atoms with van der Waals surface area (Å²) in [5.41, 5.74) is 2.14. The topological polar surface area (TPSA) is 52.6 Å². The van der Waals surface area contributed by atoms with Crippen LogP contribution in [0.4, 0.5) is 0 Å². The highest BCUT2D eigenvalue weighted by Crippen LogP contribution is 2.73. The molecule has 0 N–H and O–H groups in total. The Bertz CT molecular complexity index is 697. The van der Waals surface area contributed by atoms with Crippen molar-refractivity contribution in [3.05, 3.63) is 11.6 Å². The first-order valence-corrected chi connectivity index (χ1v) is 11.2. The molecule has 0 saturated heterocycles. The van der Waals surface area contributed by atoms with Crippen LogP contribution in [-0.2, 0) is 19.1 Å². The Labute approximate surface area is 169 Å². The van der Waals surface area contributed by atoms with Gasteiger partial charge in [0.25, 0.3) is 0 Å². The van der Waals surface area contributed by atoms with E-state index >= 15 is 0 Å². The van der Waals surface area contributed by atoms with Crippen LogP contribution in [0.3, 0.4) is 0 Å². The summed E-state index contributed by atoms with van der Waals surface area (Å²) in [6.07, 6.45) is 12.4. The van der Waals surface area contributed by atoms with Crippen molar-refractivity contribution in [3.8, 4) is 0 Å². The molecule has 4 nitrogen and oxygen atoms in total. The quantitative estimate of drug-likeness (QED) is 0.499. The minimum atomic E-state index is -0.181. The van der Waals surface area contributed by atoms with Crippen molar-refractivity contribution in [2.24, 2.45) is 34.0 Å². The number of hydrogen-bond donors (Lipinski definition) is 0. The molecular formula is C24H36O4. The van der Waals surface area contributed by atoms with Gasteiger partial charge in [0.2, 0.25) is 0 Å². The monoisotopic (exact) mass is 388 g/mol. The zero-order chi connectivity index (χ0) is 20.2. The predicted molar refractivity (Wildman–Crippen MR) is 107 cm³/mol. The van der Waals surface area contributed by atoms with E-state index in [0.717, 1.165) is 6.42 Å². The van der Waals surface area contributed by atoms with E-state index in [1.165, 1.54) is 64.4 Å². The molecule has 156 valence electrons. The fourth-order valence-corrected chi connectivity index (χ4v) is 7.96. The van der Waals surface area contributed by atoms with Crippen molar-refractivity contribution in [1.29, 1.82) is 0 Å². The minimum Gasteiger partial charge on any atom is -0.465 e. The molecule has 0 aromatic rings. The second-order valence-corrected chi connectivity index (χ2v) is 10.6. The van der Waals surface area contributed by atoms with Crippen molar-refractivity contribution in [3.63, 3.8) is 0 Å². The molecule has 4 heteroatoms. The molecule has 2 bridgehead atoms. The van der Waals surface area contributed by atoms with Crippen molar-refractivity contribution >= 4 is 11.9 Å². The van der Waals surface area contributed by atoms with Gasteiger partial charge in [-0.05, 0) is 79.1 Å². The van der Waals surface area contributed by atoms with Gasteiger partial charge in [-0.2, -0.15) is 0 Å². The Kier molecular flexibility index (Phi) is 4.91. The van der Waals surface area contributed by atoms with Gasteiger partial charge in [0.1, 0.15) is 6.61 Å². The van der Waals surface area contributed by atoms with Gasteiger partial charge in [-0.25, -0.2) is 0 Å². The van der Waals surface area contributed by atoms with Gasteiger partial charge in [-0.1, -0.05) is 26.3 Å². The van der Waals surface area contributed by atoms with E-state index in [1.54, 1.807) is 0 Å². The van der Waals surface area contributed by atoms with Crippen LogP contribution in [0.5, 0.6) is 0 Å². The number of hydrogen-bond acceptors (Lipinski definition) is 4. The lowest BCUT2D eigenvalue weighted by atomic mass is 9.39. The molecule has 3 saturated carbocycles. The first kappa shape index (κ1) is 20.0. The van der Waals surface area contributed by atoms with Crippen LogP contribution in [-0.4, -0.2) is 25.2 Å². The standard InChI is InChI=1S/C24H36O4/c1-16(25)27-14-19-12-20-6-7-21-22(3,15-28-17(2)26)9-5-10-23(21,4)24(20)11-8-18(19)13-24/h12,18,20-21H,5-11,13-15H2,1-4H3/t18-,20?,21?,22+,23?,24?/m0/s1. The molecule has 6 atom stereocenters. The normalized spacial score (nSPS) is 44.1. The number of rotatable bonds is 4. The molecule has 3 fully saturated rings. The number of fused-ring (bicyclic) bond motifs is 2. The summed E-state index contributed by atoms with van der Waals surface area (Å²) < 4.78 is 10.9. The van der Waals surface area contributed by atoms with E-state index in [-0.39, 0.29) is 17.4 Å². The molecule has 4 aliphatic rings. The fraction of sp³-hybridized carbons (Fsp3) is 0.833. The average molecular weight is 389 g/mol. The van der Waals surface area contributed by atoms with Gasteiger partial charge in [0, 0.05) is 19.3 Å². The molecule has 0 aromatic heterocycles. The zero-order valence-electron chi connectivity index (χ0n) is 18.0. The average Bonchev–Trinajstić information content (AvgIpc) is 3.01. The Morgan fingerprint density at radius 2 is 1.79 bits per heavy atom. The lowest BCUT2D eigenvalue weighted by Crippen LogP contribution is -2.59. The molecule has 0 radical (unpaired) electrons. The minimum absolute atomic E-state index is 0.0954. The Balaban J connectivity index is 1.63. The Hall–Kier alpha value is -1.32. The molecule has 0 heterocycles. The third-order valence-electron chi connectivity index (χ3n) is 9.20. The second kappa shape index (κ2) is 6.88. The van der Waals surface area contributed by atoms with Gasteiger partial charge in [0.15, 0.2) is 0 Å². The van der Waals surface area contributed by atoms with Gasteiger partial charge < -0.3 is 9.47 Å². The third kappa shape index (κ3) is 2.93. The maximum Gasteiger partial charge on any atom is 0.302 e. The van der Waals surface area contributed by atoms with E-state index in [0.29, 0.717) is 41.8 Å². The molecule has 4 rings (SSSR count). The zero-order valence-corrected chi connectivity index (χ0v) is 18.0. The molecule has 0 amide bonds. The summed E-state index contributed by atoms with van der Waals surface area (Å²) >= 11 is 0. The van der Waals surface area contributed by atoms with Gasteiger partial charge in [0.05, 0.1) is 6.61 Å².